The minimum Gasteiger partial charge on any atom is -0.393 e. The van der Waals surface area contributed by atoms with E-state index in [2.05, 4.69) is 4.98 Å². The Kier molecular flexibility index (Phi) is 2.76. The summed E-state index contributed by atoms with van der Waals surface area (Å²) >= 11 is 0. The van der Waals surface area contributed by atoms with E-state index >= 15 is 0 Å². The molecule has 2 atom stereocenters. The maximum atomic E-state index is 11.5. The summed E-state index contributed by atoms with van der Waals surface area (Å²) in [6, 6.07) is 0. The molecule has 0 saturated carbocycles. The summed E-state index contributed by atoms with van der Waals surface area (Å²) < 4.78 is 6.63. The highest BCUT2D eigenvalue weighted by Gasteiger charge is 2.20. The molecular weight excluding hydrogens is 213 g/mol. The maximum Gasteiger partial charge on any atom is 0.330 e. The first kappa shape index (κ1) is 10.8. The van der Waals surface area contributed by atoms with Crippen LogP contribution in [0.1, 0.15) is 11.8 Å². The molecule has 2 heterocycles. The molecule has 0 bridgehead atoms. The van der Waals surface area contributed by atoms with E-state index in [-0.39, 0.29) is 6.61 Å². The lowest BCUT2D eigenvalue weighted by atomic mass is 10.4. The van der Waals surface area contributed by atoms with Crippen LogP contribution in [0.15, 0.2) is 27.9 Å². The number of rotatable bonds is 2. The van der Waals surface area contributed by atoms with Crippen molar-refractivity contribution >= 4 is 0 Å². The minimum absolute atomic E-state index is 0.135. The van der Waals surface area contributed by atoms with Crippen LogP contribution in [-0.4, -0.2) is 27.4 Å². The average Bonchev–Trinajstić information content (AvgIpc) is 2.71. The number of hydrogen-bond acceptors (Lipinski definition) is 4. The van der Waals surface area contributed by atoms with Gasteiger partial charge in [-0.2, -0.15) is 0 Å². The predicted molar refractivity (Wildman–Crippen MR) is 56.2 cm³/mol. The first-order valence-electron chi connectivity index (χ1n) is 4.88. The van der Waals surface area contributed by atoms with Crippen LogP contribution in [0.3, 0.4) is 0 Å². The van der Waals surface area contributed by atoms with Crippen molar-refractivity contribution in [1.29, 1.82) is 0 Å². The number of hydrogen-bond donors (Lipinski definition) is 2. The van der Waals surface area contributed by atoms with E-state index in [4.69, 9.17) is 9.84 Å². The fraction of sp³-hybridized carbons (Fsp3) is 0.400. The Morgan fingerprint density at radius 3 is 2.88 bits per heavy atom. The summed E-state index contributed by atoms with van der Waals surface area (Å²) in [7, 11) is 0. The zero-order valence-corrected chi connectivity index (χ0v) is 8.71. The standard InChI is InChI=1S/C10H12N2O4/c1-6-4-12(10(15)11-9(6)14)8-3-2-7(5-13)16-8/h2-4,7-8,13H,5H2,1H3,(H,11,14,15)/t7-,8+/m0/s1/i1+1. The van der Waals surface area contributed by atoms with Crippen LogP contribution < -0.4 is 11.2 Å². The van der Waals surface area contributed by atoms with E-state index in [1.807, 2.05) is 0 Å². The number of nitrogens with one attached hydrogen (secondary N) is 1. The highest BCUT2D eigenvalue weighted by Crippen LogP contribution is 2.18. The Balaban J connectivity index is 2.36. The van der Waals surface area contributed by atoms with Crippen molar-refractivity contribution in [2.24, 2.45) is 0 Å². The summed E-state index contributed by atoms with van der Waals surface area (Å²) in [5.41, 5.74) is -0.491. The van der Waals surface area contributed by atoms with Gasteiger partial charge in [0.2, 0.25) is 0 Å². The lowest BCUT2D eigenvalue weighted by Crippen LogP contribution is -2.33. The third-order valence-electron chi connectivity index (χ3n) is 2.40. The Labute approximate surface area is 90.8 Å². The van der Waals surface area contributed by atoms with Gasteiger partial charge in [0.15, 0.2) is 6.23 Å². The molecule has 2 rings (SSSR count). The van der Waals surface area contributed by atoms with Crippen molar-refractivity contribution in [3.05, 3.63) is 44.8 Å². The highest BCUT2D eigenvalue weighted by atomic mass is 16.5. The Morgan fingerprint density at radius 2 is 2.25 bits per heavy atom. The second-order valence-electron chi connectivity index (χ2n) is 3.61. The zero-order valence-electron chi connectivity index (χ0n) is 8.71. The highest BCUT2D eigenvalue weighted by molar-refractivity contribution is 5.06. The normalized spacial score (nSPS) is 23.9. The van der Waals surface area contributed by atoms with E-state index < -0.39 is 23.6 Å². The van der Waals surface area contributed by atoms with Gasteiger partial charge in [0.25, 0.3) is 5.56 Å². The second-order valence-corrected chi connectivity index (χ2v) is 3.61. The van der Waals surface area contributed by atoms with E-state index in [1.165, 1.54) is 10.8 Å². The molecule has 0 unspecified atom stereocenters. The third-order valence-corrected chi connectivity index (χ3v) is 2.40. The average molecular weight is 225 g/mol. The Bertz CT molecular complexity index is 528. The molecule has 1 aromatic heterocycles. The molecule has 2 N–H and O–H groups in total. The lowest BCUT2D eigenvalue weighted by molar-refractivity contribution is -0.0104. The number of aromatic amines is 1. The van der Waals surface area contributed by atoms with Crippen molar-refractivity contribution in [3.8, 4) is 0 Å². The van der Waals surface area contributed by atoms with Crippen molar-refractivity contribution in [1.82, 2.24) is 9.55 Å². The van der Waals surface area contributed by atoms with Gasteiger partial charge in [-0.3, -0.25) is 14.3 Å². The third kappa shape index (κ3) is 1.84. The van der Waals surface area contributed by atoms with Crippen LogP contribution in [0.5, 0.6) is 0 Å². The number of aromatic nitrogens is 2. The number of aryl methyl sites for hydroxylation is 1. The van der Waals surface area contributed by atoms with E-state index in [0.29, 0.717) is 5.56 Å². The quantitative estimate of drug-likeness (QED) is 0.514. The summed E-state index contributed by atoms with van der Waals surface area (Å²) in [5.74, 6) is 0. The number of aliphatic hydroxyl groups excluding tert-OH is 1. The number of H-pyrrole nitrogens is 1. The van der Waals surface area contributed by atoms with Crippen LogP contribution in [0.4, 0.5) is 0 Å². The molecule has 0 aromatic carbocycles. The first-order valence-corrected chi connectivity index (χ1v) is 4.88. The molecule has 0 fully saturated rings. The van der Waals surface area contributed by atoms with Gasteiger partial charge in [-0.1, -0.05) is 6.08 Å². The lowest BCUT2D eigenvalue weighted by Gasteiger charge is -2.14. The summed E-state index contributed by atoms with van der Waals surface area (Å²) in [4.78, 5) is 24.9. The van der Waals surface area contributed by atoms with Gasteiger partial charge >= 0.3 is 5.69 Å². The fourth-order valence-corrected chi connectivity index (χ4v) is 1.53. The predicted octanol–water partition coefficient (Wildman–Crippen LogP) is -0.709. The van der Waals surface area contributed by atoms with Crippen molar-refractivity contribution < 1.29 is 9.84 Å². The minimum atomic E-state index is -0.569. The largest absolute Gasteiger partial charge is 0.393 e. The van der Waals surface area contributed by atoms with Crippen LogP contribution in [0.2, 0.25) is 0 Å². The Morgan fingerprint density at radius 1 is 1.50 bits per heavy atom. The summed E-state index contributed by atoms with van der Waals surface area (Å²) in [5, 5.41) is 8.88. The monoisotopic (exact) mass is 225 g/mol. The molecule has 0 radical (unpaired) electrons. The van der Waals surface area contributed by atoms with Gasteiger partial charge in [-0.15, -0.1) is 0 Å². The molecule has 6 heteroatoms. The molecule has 86 valence electrons. The van der Waals surface area contributed by atoms with E-state index in [0.717, 1.165) is 0 Å². The van der Waals surface area contributed by atoms with E-state index in [9.17, 15) is 9.59 Å². The topological polar surface area (TPSA) is 84.3 Å². The molecular formula is C10H12N2O4. The van der Waals surface area contributed by atoms with Crippen LogP contribution in [0, 0.1) is 6.92 Å². The van der Waals surface area contributed by atoms with Gasteiger partial charge in [0.05, 0.1) is 6.61 Å². The molecule has 6 nitrogen and oxygen atoms in total. The van der Waals surface area contributed by atoms with Gasteiger partial charge in [-0.25, -0.2) is 4.79 Å². The van der Waals surface area contributed by atoms with Gasteiger partial charge in [0.1, 0.15) is 6.10 Å². The van der Waals surface area contributed by atoms with Crippen molar-refractivity contribution in [2.45, 2.75) is 19.3 Å². The number of ether oxygens (including phenoxy) is 1. The maximum absolute atomic E-state index is 11.5. The summed E-state index contributed by atoms with van der Waals surface area (Å²) in [6.07, 6.45) is 3.82. The SMILES string of the molecule is [13CH3]c1cn([C@H]2C=C[C@@H](CO)O2)c(=O)[nH]c1=O. The molecule has 0 saturated heterocycles. The molecule has 0 amide bonds. The molecule has 0 spiro atoms. The van der Waals surface area contributed by atoms with E-state index in [1.54, 1.807) is 19.1 Å². The van der Waals surface area contributed by atoms with Gasteiger partial charge in [-0.05, 0) is 13.0 Å². The molecule has 16 heavy (non-hydrogen) atoms. The second kappa shape index (κ2) is 4.07. The smallest absolute Gasteiger partial charge is 0.330 e. The van der Waals surface area contributed by atoms with Gasteiger partial charge in [0, 0.05) is 11.8 Å². The van der Waals surface area contributed by atoms with Crippen molar-refractivity contribution in [2.75, 3.05) is 6.61 Å². The number of nitrogens with zero attached hydrogens (tertiary/aromatic N) is 1. The van der Waals surface area contributed by atoms with Crippen LogP contribution >= 0.6 is 0 Å². The van der Waals surface area contributed by atoms with Crippen LogP contribution in [0.25, 0.3) is 0 Å². The first-order chi connectivity index (χ1) is 7.61. The van der Waals surface area contributed by atoms with Crippen molar-refractivity contribution in [3.63, 3.8) is 0 Å². The molecule has 0 aliphatic carbocycles. The molecule has 1 aliphatic heterocycles. The summed E-state index contributed by atoms with van der Waals surface area (Å²) in [6.45, 7) is 1.47. The Hall–Kier alpha value is -1.66. The molecule has 1 aliphatic rings. The molecule has 1 aromatic rings. The van der Waals surface area contributed by atoms with Gasteiger partial charge < -0.3 is 9.84 Å². The van der Waals surface area contributed by atoms with Crippen LogP contribution in [-0.2, 0) is 4.74 Å². The zero-order chi connectivity index (χ0) is 11.7. The number of aliphatic hydroxyl groups is 1. The fourth-order valence-electron chi connectivity index (χ4n) is 1.53.